The molecule has 17 heavy (non-hydrogen) atoms. The minimum atomic E-state index is 0.608. The highest BCUT2D eigenvalue weighted by atomic mass is 15.2. The van der Waals surface area contributed by atoms with Crippen molar-refractivity contribution < 1.29 is 0 Å². The highest BCUT2D eigenvalue weighted by Gasteiger charge is 2.22. The van der Waals surface area contributed by atoms with E-state index in [1.165, 1.54) is 38.0 Å². The summed E-state index contributed by atoms with van der Waals surface area (Å²) >= 11 is 0. The van der Waals surface area contributed by atoms with E-state index in [2.05, 4.69) is 47.1 Å². The van der Waals surface area contributed by atoms with Gasteiger partial charge in [-0.1, -0.05) is 19.8 Å². The second-order valence-corrected chi connectivity index (χ2v) is 4.99. The van der Waals surface area contributed by atoms with Gasteiger partial charge in [-0.25, -0.2) is 0 Å². The fourth-order valence-corrected chi connectivity index (χ4v) is 2.73. The molecule has 3 heteroatoms. The van der Waals surface area contributed by atoms with Crippen LogP contribution in [-0.4, -0.2) is 35.6 Å². The van der Waals surface area contributed by atoms with Crippen molar-refractivity contribution in [2.75, 3.05) is 26.2 Å². The van der Waals surface area contributed by atoms with Crippen LogP contribution in [0.4, 0.5) is 0 Å². The van der Waals surface area contributed by atoms with E-state index in [1.807, 2.05) is 0 Å². The van der Waals surface area contributed by atoms with Crippen molar-refractivity contribution in [3.05, 3.63) is 24.0 Å². The average molecular weight is 235 g/mol. The molecule has 1 atom stereocenters. The van der Waals surface area contributed by atoms with Crippen molar-refractivity contribution >= 4 is 0 Å². The Labute approximate surface area is 105 Å². The Morgan fingerprint density at radius 2 is 2.12 bits per heavy atom. The lowest BCUT2D eigenvalue weighted by atomic mass is 10.0. The maximum Gasteiger partial charge on any atom is 0.0501 e. The lowest BCUT2D eigenvalue weighted by Gasteiger charge is -2.35. The average Bonchev–Trinajstić information content (AvgIpc) is 2.78. The first-order valence-electron chi connectivity index (χ1n) is 6.89. The summed E-state index contributed by atoms with van der Waals surface area (Å²) in [4.78, 5) is 2.64. The Bertz CT molecular complexity index is 326. The van der Waals surface area contributed by atoms with E-state index < -0.39 is 0 Å². The predicted octanol–water partition coefficient (Wildman–Crippen LogP) is 2.16. The SMILES string of the molecule is CCCC[C@H](c1cccn1C)N1CCNCC1. The summed E-state index contributed by atoms with van der Waals surface area (Å²) in [6.07, 6.45) is 6.05. The van der Waals surface area contributed by atoms with Gasteiger partial charge < -0.3 is 9.88 Å². The monoisotopic (exact) mass is 235 g/mol. The Kier molecular flexibility index (Phi) is 4.63. The third-order valence-electron chi connectivity index (χ3n) is 3.75. The topological polar surface area (TPSA) is 20.2 Å². The minimum Gasteiger partial charge on any atom is -0.353 e. The van der Waals surface area contributed by atoms with Gasteiger partial charge in [0.15, 0.2) is 0 Å². The van der Waals surface area contributed by atoms with Crippen LogP contribution in [0.5, 0.6) is 0 Å². The van der Waals surface area contributed by atoms with Crippen LogP contribution in [0.1, 0.15) is 37.9 Å². The maximum absolute atomic E-state index is 3.44. The molecule has 2 heterocycles. The molecule has 3 nitrogen and oxygen atoms in total. The molecule has 1 fully saturated rings. The van der Waals surface area contributed by atoms with Crippen molar-refractivity contribution in [2.45, 2.75) is 32.2 Å². The first-order valence-corrected chi connectivity index (χ1v) is 6.89. The third kappa shape index (κ3) is 3.11. The van der Waals surface area contributed by atoms with Gasteiger partial charge >= 0.3 is 0 Å². The fourth-order valence-electron chi connectivity index (χ4n) is 2.73. The van der Waals surface area contributed by atoms with Crippen molar-refractivity contribution in [2.24, 2.45) is 7.05 Å². The molecule has 1 N–H and O–H groups in total. The molecule has 1 saturated heterocycles. The number of nitrogens with zero attached hydrogens (tertiary/aromatic N) is 2. The number of aromatic nitrogens is 1. The highest BCUT2D eigenvalue weighted by molar-refractivity contribution is 5.12. The normalized spacial score (nSPS) is 19.4. The lowest BCUT2D eigenvalue weighted by Crippen LogP contribution is -2.45. The van der Waals surface area contributed by atoms with Gasteiger partial charge in [-0.05, 0) is 18.6 Å². The fraction of sp³-hybridized carbons (Fsp3) is 0.714. The van der Waals surface area contributed by atoms with Crippen LogP contribution in [0, 0.1) is 0 Å². The van der Waals surface area contributed by atoms with Crippen LogP contribution in [0.2, 0.25) is 0 Å². The molecule has 0 amide bonds. The van der Waals surface area contributed by atoms with E-state index in [4.69, 9.17) is 0 Å². The smallest absolute Gasteiger partial charge is 0.0501 e. The Balaban J connectivity index is 2.09. The molecule has 0 aromatic carbocycles. The molecule has 0 saturated carbocycles. The molecule has 1 aromatic rings. The summed E-state index contributed by atoms with van der Waals surface area (Å²) in [6.45, 7) is 6.90. The molecular formula is C14H25N3. The van der Waals surface area contributed by atoms with Crippen LogP contribution in [-0.2, 0) is 7.05 Å². The van der Waals surface area contributed by atoms with Gasteiger partial charge in [-0.2, -0.15) is 0 Å². The molecule has 96 valence electrons. The number of aryl methyl sites for hydroxylation is 1. The summed E-state index contributed by atoms with van der Waals surface area (Å²) < 4.78 is 2.28. The number of rotatable bonds is 5. The molecule has 0 unspecified atom stereocenters. The molecule has 2 rings (SSSR count). The van der Waals surface area contributed by atoms with Crippen LogP contribution in [0.15, 0.2) is 18.3 Å². The molecule has 0 aliphatic carbocycles. The van der Waals surface area contributed by atoms with Crippen molar-refractivity contribution in [3.8, 4) is 0 Å². The van der Waals surface area contributed by atoms with E-state index in [-0.39, 0.29) is 0 Å². The van der Waals surface area contributed by atoms with E-state index in [1.54, 1.807) is 0 Å². The van der Waals surface area contributed by atoms with Crippen LogP contribution in [0.3, 0.4) is 0 Å². The van der Waals surface area contributed by atoms with E-state index in [0.29, 0.717) is 6.04 Å². The first-order chi connectivity index (χ1) is 8.33. The Hall–Kier alpha value is -0.800. The first kappa shape index (κ1) is 12.7. The second-order valence-electron chi connectivity index (χ2n) is 4.99. The minimum absolute atomic E-state index is 0.608. The number of hydrogen-bond donors (Lipinski definition) is 1. The van der Waals surface area contributed by atoms with Gasteiger partial charge in [0.1, 0.15) is 0 Å². The second kappa shape index (κ2) is 6.22. The molecule has 1 aromatic heterocycles. The van der Waals surface area contributed by atoms with Gasteiger partial charge in [0.25, 0.3) is 0 Å². The number of unbranched alkanes of at least 4 members (excludes halogenated alkanes) is 1. The number of piperazine rings is 1. The summed E-state index contributed by atoms with van der Waals surface area (Å²) in [6, 6.07) is 5.05. The molecule has 1 aliphatic rings. The Morgan fingerprint density at radius 3 is 2.71 bits per heavy atom. The zero-order valence-corrected chi connectivity index (χ0v) is 11.2. The quantitative estimate of drug-likeness (QED) is 0.844. The summed E-state index contributed by atoms with van der Waals surface area (Å²) in [7, 11) is 2.16. The van der Waals surface area contributed by atoms with Crippen LogP contribution >= 0.6 is 0 Å². The largest absolute Gasteiger partial charge is 0.353 e. The van der Waals surface area contributed by atoms with Crippen molar-refractivity contribution in [1.82, 2.24) is 14.8 Å². The van der Waals surface area contributed by atoms with Gasteiger partial charge in [0.2, 0.25) is 0 Å². The van der Waals surface area contributed by atoms with E-state index in [9.17, 15) is 0 Å². The van der Waals surface area contributed by atoms with E-state index in [0.717, 1.165) is 13.1 Å². The maximum atomic E-state index is 3.44. The third-order valence-corrected chi connectivity index (χ3v) is 3.75. The predicted molar refractivity (Wildman–Crippen MR) is 72.1 cm³/mol. The van der Waals surface area contributed by atoms with Crippen molar-refractivity contribution in [3.63, 3.8) is 0 Å². The summed E-state index contributed by atoms with van der Waals surface area (Å²) in [5.41, 5.74) is 1.47. The molecule has 0 bridgehead atoms. The van der Waals surface area contributed by atoms with Gasteiger partial charge in [-0.15, -0.1) is 0 Å². The molecule has 1 aliphatic heterocycles. The standard InChI is InChI=1S/C14H25N3/c1-3-4-6-14(13-7-5-10-16(13)2)17-11-8-15-9-12-17/h5,7,10,14-15H,3-4,6,8-9,11-12H2,1-2H3/t14-/m1/s1. The van der Waals surface area contributed by atoms with Crippen LogP contribution in [0.25, 0.3) is 0 Å². The van der Waals surface area contributed by atoms with Crippen molar-refractivity contribution in [1.29, 1.82) is 0 Å². The van der Waals surface area contributed by atoms with Gasteiger partial charge in [-0.3, -0.25) is 4.90 Å². The lowest BCUT2D eigenvalue weighted by molar-refractivity contribution is 0.158. The van der Waals surface area contributed by atoms with Gasteiger partial charge in [0, 0.05) is 45.1 Å². The number of nitrogens with one attached hydrogen (secondary N) is 1. The molecule has 0 spiro atoms. The molecule has 0 radical (unpaired) electrons. The molecular weight excluding hydrogens is 210 g/mol. The highest BCUT2D eigenvalue weighted by Crippen LogP contribution is 2.26. The summed E-state index contributed by atoms with van der Waals surface area (Å²) in [5, 5.41) is 3.44. The zero-order valence-electron chi connectivity index (χ0n) is 11.2. The zero-order chi connectivity index (χ0) is 12.1. The number of hydrogen-bond acceptors (Lipinski definition) is 2. The van der Waals surface area contributed by atoms with Gasteiger partial charge in [0.05, 0.1) is 6.04 Å². The van der Waals surface area contributed by atoms with Crippen LogP contribution < -0.4 is 5.32 Å². The van der Waals surface area contributed by atoms with E-state index >= 15 is 0 Å². The summed E-state index contributed by atoms with van der Waals surface area (Å²) in [5.74, 6) is 0. The Morgan fingerprint density at radius 1 is 1.35 bits per heavy atom.